The lowest BCUT2D eigenvalue weighted by Crippen LogP contribution is -2.37. The Morgan fingerprint density at radius 3 is 2.24 bits per heavy atom. The Morgan fingerprint density at radius 1 is 1.07 bits per heavy atom. The number of aliphatic hydroxyl groups is 1. The number of nitrogens with zero attached hydrogens (tertiary/aromatic N) is 2. The number of nitrogens with one attached hydrogen (secondary N) is 1. The molecule has 3 aromatic rings. The van der Waals surface area contributed by atoms with Gasteiger partial charge in [0.25, 0.3) is 0 Å². The summed E-state index contributed by atoms with van der Waals surface area (Å²) in [5, 5.41) is 23.8. The summed E-state index contributed by atoms with van der Waals surface area (Å²) in [6.45, 7) is 0.767. The summed E-state index contributed by atoms with van der Waals surface area (Å²) in [5.74, 6) is -0.182. The zero-order chi connectivity index (χ0) is 20.5. The molecule has 0 fully saturated rings. The third-order valence-electron chi connectivity index (χ3n) is 4.58. The van der Waals surface area contributed by atoms with E-state index in [0.717, 1.165) is 11.1 Å². The van der Waals surface area contributed by atoms with Gasteiger partial charge in [0, 0.05) is 13.2 Å². The molecule has 5 nitrogen and oxygen atoms in total. The highest BCUT2D eigenvalue weighted by atomic mass is 32.1. The number of aliphatic hydroxyl groups excluding tert-OH is 1. The lowest BCUT2D eigenvalue weighted by Gasteiger charge is -2.32. The van der Waals surface area contributed by atoms with Crippen LogP contribution in [0.3, 0.4) is 0 Å². The molecular weight excluding hydrogens is 382 g/mol. The molecule has 0 aliphatic heterocycles. The quantitative estimate of drug-likeness (QED) is 0.563. The molecule has 1 aromatic heterocycles. The number of benzene rings is 2. The van der Waals surface area contributed by atoms with Crippen molar-refractivity contribution in [2.45, 2.75) is 12.5 Å². The van der Waals surface area contributed by atoms with Crippen molar-refractivity contribution >= 4 is 22.2 Å². The highest BCUT2D eigenvalue weighted by Crippen LogP contribution is 2.29. The second kappa shape index (κ2) is 10.5. The normalized spacial score (nSPS) is 10.8. The predicted molar refractivity (Wildman–Crippen MR) is 116 cm³/mol. The van der Waals surface area contributed by atoms with Crippen LogP contribution in [-0.2, 0) is 4.79 Å². The van der Waals surface area contributed by atoms with Crippen molar-refractivity contribution < 1.29 is 9.90 Å². The van der Waals surface area contributed by atoms with Crippen molar-refractivity contribution in [3.8, 4) is 6.07 Å². The monoisotopic (exact) mass is 405 g/mol. The molecule has 0 atom stereocenters. The number of hydrogen-bond acceptors (Lipinski definition) is 5. The maximum Gasteiger partial charge on any atom is 0.239 e. The van der Waals surface area contributed by atoms with Gasteiger partial charge in [-0.1, -0.05) is 60.7 Å². The first-order valence-corrected chi connectivity index (χ1v) is 10.3. The van der Waals surface area contributed by atoms with Gasteiger partial charge < -0.3 is 10.4 Å². The van der Waals surface area contributed by atoms with E-state index in [2.05, 4.69) is 40.6 Å². The minimum absolute atomic E-state index is 0.0535. The number of anilines is 1. The number of hydrogen-bond donors (Lipinski definition) is 2. The smallest absolute Gasteiger partial charge is 0.239 e. The van der Waals surface area contributed by atoms with Gasteiger partial charge in [-0.25, -0.2) is 0 Å². The number of nitriles is 1. The predicted octanol–water partition coefficient (Wildman–Crippen LogP) is 4.03. The number of carbonyl (C=O) groups excluding carboxylic acids is 1. The van der Waals surface area contributed by atoms with Gasteiger partial charge in [0.1, 0.15) is 11.1 Å². The van der Waals surface area contributed by atoms with Crippen LogP contribution in [-0.4, -0.2) is 35.6 Å². The van der Waals surface area contributed by atoms with Gasteiger partial charge in [0.15, 0.2) is 0 Å². The van der Waals surface area contributed by atoms with E-state index in [1.807, 2.05) is 36.4 Å². The van der Waals surface area contributed by atoms with Gasteiger partial charge in [0.05, 0.1) is 18.2 Å². The van der Waals surface area contributed by atoms with E-state index in [9.17, 15) is 15.2 Å². The minimum atomic E-state index is -0.182. The summed E-state index contributed by atoms with van der Waals surface area (Å²) in [6.07, 6.45) is 0.561. The molecule has 29 heavy (non-hydrogen) atoms. The van der Waals surface area contributed by atoms with E-state index in [0.29, 0.717) is 23.5 Å². The van der Waals surface area contributed by atoms with Crippen LogP contribution < -0.4 is 5.32 Å². The molecule has 2 aromatic carbocycles. The van der Waals surface area contributed by atoms with E-state index < -0.39 is 0 Å². The average molecular weight is 406 g/mol. The van der Waals surface area contributed by atoms with E-state index in [-0.39, 0.29) is 25.1 Å². The van der Waals surface area contributed by atoms with Crippen LogP contribution >= 0.6 is 11.3 Å². The van der Waals surface area contributed by atoms with Crippen LogP contribution in [0.2, 0.25) is 0 Å². The fourth-order valence-corrected chi connectivity index (χ4v) is 4.06. The van der Waals surface area contributed by atoms with Crippen LogP contribution in [0.15, 0.2) is 72.1 Å². The summed E-state index contributed by atoms with van der Waals surface area (Å²) in [7, 11) is 0. The largest absolute Gasteiger partial charge is 0.396 e. The molecule has 0 aliphatic carbocycles. The zero-order valence-corrected chi connectivity index (χ0v) is 16.8. The van der Waals surface area contributed by atoms with E-state index in [1.54, 1.807) is 11.4 Å². The summed E-state index contributed by atoms with van der Waals surface area (Å²) >= 11 is 1.34. The molecule has 0 radical (unpaired) electrons. The average Bonchev–Trinajstić information content (AvgIpc) is 3.20. The third-order valence-corrected chi connectivity index (χ3v) is 5.41. The standard InChI is InChI=1S/C23H23N3O2S/c24-16-20-12-15-29-23(20)25-21(28)17-26(13-7-14-27)22(18-8-3-1-4-9-18)19-10-5-2-6-11-19/h1-6,8-12,15,22,27H,7,13-14,17H2,(H,25,28). The zero-order valence-electron chi connectivity index (χ0n) is 16.0. The van der Waals surface area contributed by atoms with Gasteiger partial charge in [-0.15, -0.1) is 11.3 Å². The lowest BCUT2D eigenvalue weighted by molar-refractivity contribution is -0.117. The van der Waals surface area contributed by atoms with Crippen LogP contribution in [0, 0.1) is 11.3 Å². The van der Waals surface area contributed by atoms with Crippen LogP contribution in [0.5, 0.6) is 0 Å². The van der Waals surface area contributed by atoms with Gasteiger partial charge >= 0.3 is 0 Å². The molecule has 2 N–H and O–H groups in total. The first-order chi connectivity index (χ1) is 14.2. The number of amides is 1. The Balaban J connectivity index is 1.87. The summed E-state index contributed by atoms with van der Waals surface area (Å²) in [5.41, 5.74) is 2.63. The van der Waals surface area contributed by atoms with Crippen molar-refractivity contribution in [3.63, 3.8) is 0 Å². The van der Waals surface area contributed by atoms with Crippen molar-refractivity contribution in [1.82, 2.24) is 4.90 Å². The van der Waals surface area contributed by atoms with Gasteiger partial charge in [-0.3, -0.25) is 9.69 Å². The van der Waals surface area contributed by atoms with Crippen molar-refractivity contribution in [2.75, 3.05) is 25.0 Å². The van der Waals surface area contributed by atoms with Crippen LogP contribution in [0.4, 0.5) is 5.00 Å². The van der Waals surface area contributed by atoms with Crippen molar-refractivity contribution in [1.29, 1.82) is 5.26 Å². The number of rotatable bonds is 9. The van der Waals surface area contributed by atoms with E-state index in [1.165, 1.54) is 11.3 Å². The highest BCUT2D eigenvalue weighted by molar-refractivity contribution is 7.14. The molecule has 1 heterocycles. The Kier molecular flexibility index (Phi) is 7.54. The van der Waals surface area contributed by atoms with E-state index >= 15 is 0 Å². The number of carbonyl (C=O) groups is 1. The third kappa shape index (κ3) is 5.52. The molecule has 0 aliphatic rings. The second-order valence-electron chi connectivity index (χ2n) is 6.59. The molecule has 0 saturated heterocycles. The molecule has 0 spiro atoms. The van der Waals surface area contributed by atoms with E-state index in [4.69, 9.17) is 0 Å². The SMILES string of the molecule is N#Cc1ccsc1NC(=O)CN(CCCO)C(c1ccccc1)c1ccccc1. The maximum absolute atomic E-state index is 12.8. The molecular formula is C23H23N3O2S. The molecule has 0 bridgehead atoms. The number of thiophene rings is 1. The summed E-state index contributed by atoms with van der Waals surface area (Å²) in [4.78, 5) is 14.9. The van der Waals surface area contributed by atoms with Gasteiger partial charge in [0.2, 0.25) is 5.91 Å². The van der Waals surface area contributed by atoms with Gasteiger partial charge in [-0.2, -0.15) is 5.26 Å². The first-order valence-electron chi connectivity index (χ1n) is 9.45. The second-order valence-corrected chi connectivity index (χ2v) is 7.51. The Labute approximate surface area is 174 Å². The molecule has 6 heteroatoms. The Bertz CT molecular complexity index is 912. The van der Waals surface area contributed by atoms with Crippen LogP contribution in [0.25, 0.3) is 0 Å². The highest BCUT2D eigenvalue weighted by Gasteiger charge is 2.24. The minimum Gasteiger partial charge on any atom is -0.396 e. The fraction of sp³-hybridized carbons (Fsp3) is 0.217. The fourth-order valence-electron chi connectivity index (χ4n) is 3.30. The molecule has 148 valence electrons. The topological polar surface area (TPSA) is 76.4 Å². The summed E-state index contributed by atoms with van der Waals surface area (Å²) < 4.78 is 0. The molecule has 3 rings (SSSR count). The lowest BCUT2D eigenvalue weighted by atomic mass is 9.96. The Morgan fingerprint density at radius 2 is 1.69 bits per heavy atom. The molecule has 0 unspecified atom stereocenters. The Hall–Kier alpha value is -2.98. The molecule has 0 saturated carbocycles. The van der Waals surface area contributed by atoms with Gasteiger partial charge in [-0.05, 0) is 29.0 Å². The molecule has 1 amide bonds. The van der Waals surface area contributed by atoms with Crippen molar-refractivity contribution in [2.24, 2.45) is 0 Å². The summed E-state index contributed by atoms with van der Waals surface area (Å²) in [6, 6.07) is 23.8. The van der Waals surface area contributed by atoms with Crippen molar-refractivity contribution in [3.05, 3.63) is 88.8 Å². The maximum atomic E-state index is 12.8. The van der Waals surface area contributed by atoms with Crippen LogP contribution in [0.1, 0.15) is 29.2 Å². The first kappa shape index (κ1) is 20.7.